The van der Waals surface area contributed by atoms with Crippen LogP contribution in [0.2, 0.25) is 0 Å². The Labute approximate surface area is 127 Å². The smallest absolute Gasteiger partial charge is 0.223 e. The van der Waals surface area contributed by atoms with Gasteiger partial charge in [-0.15, -0.1) is 0 Å². The Balaban J connectivity index is 1.87. The lowest BCUT2D eigenvalue weighted by Gasteiger charge is -2.54. The first-order valence-electron chi connectivity index (χ1n) is 8.31. The fraction of sp³-hybridized carbons (Fsp3) is 0.632. The van der Waals surface area contributed by atoms with Gasteiger partial charge in [0, 0.05) is 0 Å². The Morgan fingerprint density at radius 3 is 2.57 bits per heavy atom. The maximum atomic E-state index is 12.3. The molecule has 4 atom stereocenters. The zero-order chi connectivity index (χ0) is 14.7. The van der Waals surface area contributed by atoms with Crippen molar-refractivity contribution in [2.24, 2.45) is 22.5 Å². The fourth-order valence-corrected chi connectivity index (χ4v) is 6.18. The van der Waals surface area contributed by atoms with Crippen LogP contribution in [-0.2, 0) is 10.2 Å². The first-order chi connectivity index (χ1) is 9.96. The van der Waals surface area contributed by atoms with Crippen LogP contribution in [0.15, 0.2) is 30.3 Å². The molecule has 0 radical (unpaired) electrons. The third kappa shape index (κ3) is 1.88. The van der Waals surface area contributed by atoms with Crippen LogP contribution in [0.1, 0.15) is 57.4 Å². The number of fused-ring (bicyclic) bond motifs is 1. The van der Waals surface area contributed by atoms with Gasteiger partial charge in [0.1, 0.15) is 0 Å². The molecule has 4 bridgehead atoms. The van der Waals surface area contributed by atoms with Gasteiger partial charge < -0.3 is 5.73 Å². The highest BCUT2D eigenvalue weighted by atomic mass is 16.1. The SMILES string of the molecule is CC12CCC3(C(N)=O)CC(C1)CC(c1ccccc1)(C2)C3. The lowest BCUT2D eigenvalue weighted by Crippen LogP contribution is -2.51. The number of primary amides is 1. The monoisotopic (exact) mass is 283 g/mol. The van der Waals surface area contributed by atoms with E-state index in [0.717, 1.165) is 19.3 Å². The van der Waals surface area contributed by atoms with Crippen LogP contribution in [0.4, 0.5) is 0 Å². The number of carbonyl (C=O) groups excluding carboxylic acids is 1. The second-order valence-electron chi connectivity index (χ2n) is 8.43. The van der Waals surface area contributed by atoms with E-state index in [1.54, 1.807) is 0 Å². The van der Waals surface area contributed by atoms with Crippen molar-refractivity contribution in [2.45, 2.75) is 57.3 Å². The summed E-state index contributed by atoms with van der Waals surface area (Å²) in [6.07, 6.45) is 7.96. The molecule has 4 saturated carbocycles. The molecule has 0 spiro atoms. The molecule has 0 aliphatic heterocycles. The number of hydrogen-bond acceptors (Lipinski definition) is 1. The molecule has 5 rings (SSSR count). The number of amides is 1. The minimum absolute atomic E-state index is 0.0429. The number of benzene rings is 1. The van der Waals surface area contributed by atoms with Gasteiger partial charge >= 0.3 is 0 Å². The summed E-state index contributed by atoms with van der Waals surface area (Å²) >= 11 is 0. The van der Waals surface area contributed by atoms with Gasteiger partial charge in [-0.05, 0) is 67.3 Å². The molecule has 1 aromatic carbocycles. The first-order valence-corrected chi connectivity index (χ1v) is 8.31. The predicted octanol–water partition coefficient (Wildman–Crippen LogP) is 3.79. The fourth-order valence-electron chi connectivity index (χ4n) is 6.18. The van der Waals surface area contributed by atoms with Crippen LogP contribution in [0.3, 0.4) is 0 Å². The van der Waals surface area contributed by atoms with Crippen molar-refractivity contribution in [3.63, 3.8) is 0 Å². The lowest BCUT2D eigenvalue weighted by atomic mass is 9.49. The summed E-state index contributed by atoms with van der Waals surface area (Å²) in [5.74, 6) is 0.631. The summed E-state index contributed by atoms with van der Waals surface area (Å²) < 4.78 is 0. The molecule has 0 aromatic heterocycles. The van der Waals surface area contributed by atoms with Crippen LogP contribution >= 0.6 is 0 Å². The van der Waals surface area contributed by atoms with Crippen molar-refractivity contribution < 1.29 is 4.79 Å². The zero-order valence-corrected chi connectivity index (χ0v) is 12.9. The highest BCUT2D eigenvalue weighted by Crippen LogP contribution is 2.66. The summed E-state index contributed by atoms with van der Waals surface area (Å²) in [5, 5.41) is 0. The molecule has 2 N–H and O–H groups in total. The number of hydrogen-bond donors (Lipinski definition) is 1. The van der Waals surface area contributed by atoms with Gasteiger partial charge in [-0.3, -0.25) is 4.79 Å². The Morgan fingerprint density at radius 1 is 1.10 bits per heavy atom. The van der Waals surface area contributed by atoms with Crippen molar-refractivity contribution in [1.82, 2.24) is 0 Å². The van der Waals surface area contributed by atoms with Gasteiger partial charge in [-0.1, -0.05) is 37.3 Å². The minimum Gasteiger partial charge on any atom is -0.369 e. The molecule has 0 saturated heterocycles. The first kappa shape index (κ1) is 13.4. The molecule has 1 aromatic rings. The molecule has 21 heavy (non-hydrogen) atoms. The van der Waals surface area contributed by atoms with E-state index in [9.17, 15) is 4.79 Å². The van der Waals surface area contributed by atoms with Gasteiger partial charge in [0.15, 0.2) is 0 Å². The number of nitrogens with two attached hydrogens (primary N) is 1. The van der Waals surface area contributed by atoms with Crippen molar-refractivity contribution in [3.8, 4) is 0 Å². The van der Waals surface area contributed by atoms with E-state index in [-0.39, 0.29) is 16.7 Å². The maximum Gasteiger partial charge on any atom is 0.223 e. The van der Waals surface area contributed by atoms with Crippen molar-refractivity contribution in [3.05, 3.63) is 35.9 Å². The largest absolute Gasteiger partial charge is 0.369 e. The van der Waals surface area contributed by atoms with Crippen LogP contribution in [0.25, 0.3) is 0 Å². The molecule has 4 unspecified atom stereocenters. The predicted molar refractivity (Wildman–Crippen MR) is 83.7 cm³/mol. The number of carbonyl (C=O) groups is 1. The molecule has 4 fully saturated rings. The van der Waals surface area contributed by atoms with Gasteiger partial charge in [0.05, 0.1) is 5.41 Å². The van der Waals surface area contributed by atoms with Crippen LogP contribution < -0.4 is 5.73 Å². The summed E-state index contributed by atoms with van der Waals surface area (Å²) in [4.78, 5) is 12.3. The Bertz CT molecular complexity index is 582. The van der Waals surface area contributed by atoms with Gasteiger partial charge in [0.2, 0.25) is 5.91 Å². The van der Waals surface area contributed by atoms with E-state index >= 15 is 0 Å². The second-order valence-corrected chi connectivity index (χ2v) is 8.43. The highest BCUT2D eigenvalue weighted by Gasteiger charge is 2.60. The topological polar surface area (TPSA) is 43.1 Å². The third-order valence-electron chi connectivity index (χ3n) is 6.70. The van der Waals surface area contributed by atoms with Crippen molar-refractivity contribution in [2.75, 3.05) is 0 Å². The summed E-state index contributed by atoms with van der Waals surface area (Å²) in [6, 6.07) is 10.9. The molecular formula is C19H25NO. The molecular weight excluding hydrogens is 258 g/mol. The molecule has 2 heteroatoms. The normalized spacial score (nSPS) is 44.5. The maximum absolute atomic E-state index is 12.3. The quantitative estimate of drug-likeness (QED) is 0.881. The van der Waals surface area contributed by atoms with Gasteiger partial charge in [-0.25, -0.2) is 0 Å². The second kappa shape index (κ2) is 4.12. The van der Waals surface area contributed by atoms with E-state index in [0.29, 0.717) is 11.3 Å². The van der Waals surface area contributed by atoms with E-state index < -0.39 is 0 Å². The van der Waals surface area contributed by atoms with E-state index in [4.69, 9.17) is 5.73 Å². The molecule has 4 aliphatic carbocycles. The molecule has 1 amide bonds. The van der Waals surface area contributed by atoms with Gasteiger partial charge in [-0.2, -0.15) is 0 Å². The minimum atomic E-state index is -0.243. The van der Waals surface area contributed by atoms with Crippen molar-refractivity contribution in [1.29, 1.82) is 0 Å². The Kier molecular flexibility index (Phi) is 2.62. The van der Waals surface area contributed by atoms with Crippen LogP contribution in [-0.4, -0.2) is 5.91 Å². The van der Waals surface area contributed by atoms with Crippen LogP contribution in [0, 0.1) is 16.7 Å². The Morgan fingerprint density at radius 2 is 1.86 bits per heavy atom. The lowest BCUT2D eigenvalue weighted by molar-refractivity contribution is -0.133. The molecule has 4 aliphatic rings. The summed E-state index contributed by atoms with van der Waals surface area (Å²) in [6.45, 7) is 2.44. The Hall–Kier alpha value is -1.31. The van der Waals surface area contributed by atoms with Gasteiger partial charge in [0.25, 0.3) is 0 Å². The van der Waals surface area contributed by atoms with E-state index in [1.165, 1.54) is 31.2 Å². The summed E-state index contributed by atoms with van der Waals surface area (Å²) in [5.41, 5.74) is 7.67. The third-order valence-corrected chi connectivity index (χ3v) is 6.70. The molecule has 2 nitrogen and oxygen atoms in total. The standard InChI is InChI=1S/C19H25NO/c1-17-7-8-18(16(20)21)10-14(9-17)11-19(12-17,13-18)15-5-3-2-4-6-15/h2-6,14H,7-13H2,1H3,(H2,20,21). The van der Waals surface area contributed by atoms with E-state index in [1.807, 2.05) is 0 Å². The van der Waals surface area contributed by atoms with Crippen molar-refractivity contribution >= 4 is 5.91 Å². The number of rotatable bonds is 2. The van der Waals surface area contributed by atoms with Crippen LogP contribution in [0.5, 0.6) is 0 Å². The van der Waals surface area contributed by atoms with E-state index in [2.05, 4.69) is 37.3 Å². The zero-order valence-electron chi connectivity index (χ0n) is 12.9. The average Bonchev–Trinajstić information content (AvgIpc) is 2.61. The average molecular weight is 283 g/mol. The molecule has 112 valence electrons. The molecule has 0 heterocycles. The summed E-state index contributed by atoms with van der Waals surface area (Å²) in [7, 11) is 0. The highest BCUT2D eigenvalue weighted by molar-refractivity contribution is 5.81.